The van der Waals surface area contributed by atoms with Crippen LogP contribution >= 0.6 is 0 Å². The van der Waals surface area contributed by atoms with Crippen LogP contribution in [0.3, 0.4) is 0 Å². The molecule has 1 aromatic heterocycles. The first-order valence-electron chi connectivity index (χ1n) is 9.70. The zero-order valence-corrected chi connectivity index (χ0v) is 17.8. The molecule has 148 valence electrons. The van der Waals surface area contributed by atoms with Gasteiger partial charge in [0.05, 0.1) is 17.3 Å². The molecular weight excluding hydrogens is 368 g/mol. The van der Waals surface area contributed by atoms with E-state index in [1.807, 2.05) is 36.4 Å². The SMILES string of the molecule is Cc1c(CCc2ccc(CS(=O)(=O)C(C)C)cc2)ccc(-c2ccco2)c1C. The van der Waals surface area contributed by atoms with Gasteiger partial charge in [0.2, 0.25) is 0 Å². The second-order valence-electron chi connectivity index (χ2n) is 7.67. The molecule has 0 aliphatic carbocycles. The van der Waals surface area contributed by atoms with Crippen LogP contribution in [0.25, 0.3) is 11.3 Å². The molecule has 0 saturated heterocycles. The Kier molecular flexibility index (Phi) is 6.09. The molecule has 0 aliphatic rings. The average molecular weight is 397 g/mol. The van der Waals surface area contributed by atoms with Crippen LogP contribution in [0.2, 0.25) is 0 Å². The van der Waals surface area contributed by atoms with E-state index in [0.29, 0.717) is 0 Å². The van der Waals surface area contributed by atoms with Crippen molar-refractivity contribution in [2.75, 3.05) is 0 Å². The van der Waals surface area contributed by atoms with Gasteiger partial charge in [0.15, 0.2) is 9.84 Å². The summed E-state index contributed by atoms with van der Waals surface area (Å²) in [5.41, 5.74) is 7.10. The van der Waals surface area contributed by atoms with Gasteiger partial charge in [-0.1, -0.05) is 36.4 Å². The highest BCUT2D eigenvalue weighted by atomic mass is 32.2. The van der Waals surface area contributed by atoms with E-state index in [1.54, 1.807) is 20.1 Å². The highest BCUT2D eigenvalue weighted by molar-refractivity contribution is 7.91. The topological polar surface area (TPSA) is 47.3 Å². The van der Waals surface area contributed by atoms with Gasteiger partial charge >= 0.3 is 0 Å². The highest BCUT2D eigenvalue weighted by Gasteiger charge is 2.16. The van der Waals surface area contributed by atoms with Gasteiger partial charge in [-0.15, -0.1) is 0 Å². The van der Waals surface area contributed by atoms with Crippen molar-refractivity contribution in [2.24, 2.45) is 0 Å². The monoisotopic (exact) mass is 396 g/mol. The Hall–Kier alpha value is -2.33. The standard InChI is InChI=1S/C24H28O3S/c1-17(2)28(25,26)16-21-9-7-20(8-10-21)11-12-22-13-14-23(19(4)18(22)3)24-6-5-15-27-24/h5-10,13-15,17H,11-12,16H2,1-4H3. The fourth-order valence-corrected chi connectivity index (χ4v) is 4.32. The molecule has 0 saturated carbocycles. The molecule has 0 N–H and O–H groups in total. The van der Waals surface area contributed by atoms with Crippen molar-refractivity contribution in [3.05, 3.63) is 82.6 Å². The maximum absolute atomic E-state index is 12.1. The third-order valence-corrected chi connectivity index (χ3v) is 7.65. The second-order valence-corrected chi connectivity index (χ2v) is 10.2. The summed E-state index contributed by atoms with van der Waals surface area (Å²) in [5.74, 6) is 1.01. The minimum absolute atomic E-state index is 0.109. The molecule has 0 radical (unpaired) electrons. The summed E-state index contributed by atoms with van der Waals surface area (Å²) in [6, 6.07) is 16.2. The van der Waals surface area contributed by atoms with E-state index in [9.17, 15) is 8.42 Å². The smallest absolute Gasteiger partial charge is 0.156 e. The lowest BCUT2D eigenvalue weighted by Crippen LogP contribution is -2.15. The van der Waals surface area contributed by atoms with Crippen LogP contribution in [0.15, 0.2) is 59.2 Å². The molecule has 3 aromatic rings. The lowest BCUT2D eigenvalue weighted by Gasteiger charge is -2.13. The largest absolute Gasteiger partial charge is 0.464 e. The van der Waals surface area contributed by atoms with Crippen molar-refractivity contribution in [2.45, 2.75) is 51.5 Å². The van der Waals surface area contributed by atoms with Gasteiger partial charge in [0.1, 0.15) is 5.76 Å². The predicted molar refractivity (Wildman–Crippen MR) is 115 cm³/mol. The van der Waals surface area contributed by atoms with Crippen LogP contribution in [-0.4, -0.2) is 13.7 Å². The predicted octanol–water partition coefficient (Wildman–Crippen LogP) is 5.67. The fourth-order valence-electron chi connectivity index (χ4n) is 3.33. The Morgan fingerprint density at radius 3 is 2.14 bits per heavy atom. The lowest BCUT2D eigenvalue weighted by atomic mass is 9.93. The summed E-state index contributed by atoms with van der Waals surface area (Å²) >= 11 is 0. The minimum atomic E-state index is -3.06. The van der Waals surface area contributed by atoms with Crippen molar-refractivity contribution < 1.29 is 12.8 Å². The summed E-state index contributed by atoms with van der Waals surface area (Å²) in [6.07, 6.45) is 3.58. The van der Waals surface area contributed by atoms with Crippen molar-refractivity contribution in [3.63, 3.8) is 0 Å². The summed E-state index contributed by atoms with van der Waals surface area (Å²) in [7, 11) is -3.06. The number of furan rings is 1. The summed E-state index contributed by atoms with van der Waals surface area (Å²) in [5, 5.41) is -0.345. The van der Waals surface area contributed by atoms with Gasteiger partial charge in [-0.25, -0.2) is 8.42 Å². The summed E-state index contributed by atoms with van der Waals surface area (Å²) < 4.78 is 29.7. The summed E-state index contributed by atoms with van der Waals surface area (Å²) in [6.45, 7) is 7.76. The number of hydrogen-bond donors (Lipinski definition) is 0. The van der Waals surface area contributed by atoms with Crippen molar-refractivity contribution in [3.8, 4) is 11.3 Å². The average Bonchev–Trinajstić information content (AvgIpc) is 3.18. The minimum Gasteiger partial charge on any atom is -0.464 e. The zero-order valence-electron chi connectivity index (χ0n) is 17.0. The maximum atomic E-state index is 12.1. The fraction of sp³-hybridized carbons (Fsp3) is 0.333. The molecule has 0 unspecified atom stereocenters. The first-order chi connectivity index (χ1) is 13.3. The zero-order chi connectivity index (χ0) is 20.3. The van der Waals surface area contributed by atoms with Gasteiger partial charge in [-0.05, 0) is 80.5 Å². The Morgan fingerprint density at radius 1 is 0.857 bits per heavy atom. The molecule has 0 spiro atoms. The van der Waals surface area contributed by atoms with E-state index < -0.39 is 9.84 Å². The van der Waals surface area contributed by atoms with Crippen molar-refractivity contribution in [1.29, 1.82) is 0 Å². The molecular formula is C24H28O3S. The first kappa shape index (κ1) is 20.4. The maximum Gasteiger partial charge on any atom is 0.156 e. The quantitative estimate of drug-likeness (QED) is 0.517. The number of aryl methyl sites for hydroxylation is 2. The first-order valence-corrected chi connectivity index (χ1v) is 11.4. The molecule has 2 aromatic carbocycles. The van der Waals surface area contributed by atoms with Crippen LogP contribution in [0.1, 0.15) is 41.7 Å². The number of sulfone groups is 1. The molecule has 0 atom stereocenters. The van der Waals surface area contributed by atoms with E-state index >= 15 is 0 Å². The number of benzene rings is 2. The number of rotatable bonds is 7. The van der Waals surface area contributed by atoms with Gasteiger partial charge in [0.25, 0.3) is 0 Å². The Bertz CT molecular complexity index is 1030. The van der Waals surface area contributed by atoms with E-state index in [1.165, 1.54) is 22.3 Å². The van der Waals surface area contributed by atoms with E-state index in [0.717, 1.165) is 29.7 Å². The lowest BCUT2D eigenvalue weighted by molar-refractivity contribution is 0.581. The Morgan fingerprint density at radius 2 is 1.54 bits per heavy atom. The second kappa shape index (κ2) is 8.36. The van der Waals surface area contributed by atoms with Gasteiger partial charge in [-0.3, -0.25) is 0 Å². The van der Waals surface area contributed by atoms with Crippen LogP contribution in [0.4, 0.5) is 0 Å². The van der Waals surface area contributed by atoms with Crippen molar-refractivity contribution in [1.82, 2.24) is 0 Å². The third-order valence-electron chi connectivity index (χ3n) is 5.48. The van der Waals surface area contributed by atoms with Crippen LogP contribution < -0.4 is 0 Å². The molecule has 28 heavy (non-hydrogen) atoms. The Labute approximate surface area is 168 Å². The third kappa shape index (κ3) is 4.56. The van der Waals surface area contributed by atoms with E-state index in [2.05, 4.69) is 26.0 Å². The summed E-state index contributed by atoms with van der Waals surface area (Å²) in [4.78, 5) is 0. The Balaban J connectivity index is 1.68. The normalized spacial score (nSPS) is 11.9. The van der Waals surface area contributed by atoms with Crippen molar-refractivity contribution >= 4 is 9.84 Å². The van der Waals surface area contributed by atoms with Gasteiger partial charge in [-0.2, -0.15) is 0 Å². The van der Waals surface area contributed by atoms with E-state index in [-0.39, 0.29) is 11.0 Å². The molecule has 1 heterocycles. The highest BCUT2D eigenvalue weighted by Crippen LogP contribution is 2.28. The van der Waals surface area contributed by atoms with Crippen LogP contribution in [0, 0.1) is 13.8 Å². The molecule has 4 heteroatoms. The molecule has 0 amide bonds. The van der Waals surface area contributed by atoms with E-state index in [4.69, 9.17) is 4.42 Å². The van der Waals surface area contributed by atoms with Gasteiger partial charge < -0.3 is 4.42 Å². The van der Waals surface area contributed by atoms with Crippen LogP contribution in [-0.2, 0) is 28.4 Å². The molecule has 3 rings (SSSR count). The molecule has 3 nitrogen and oxygen atoms in total. The molecule has 0 aliphatic heterocycles. The number of hydrogen-bond acceptors (Lipinski definition) is 3. The molecule has 0 fully saturated rings. The molecule has 0 bridgehead atoms. The van der Waals surface area contributed by atoms with Gasteiger partial charge in [0, 0.05) is 5.56 Å². The van der Waals surface area contributed by atoms with Crippen LogP contribution in [0.5, 0.6) is 0 Å².